The standard InChI is InChI=1S/C30H33NO4.C23H27NO4.C20H23NO.2H3P/c1-5-30(4)17-16-25-19-27(22(3)18-28(25)35-30)31(20-23-10-8-7-9-11-23)29(32)34-21-24-12-14-26(15-13-24)33-6-2;1-5-23(4)12-11-18-14-20(16(3)13-21(18)28-23)24-22(25)27-15-17-7-9-19(10-8-17)26-6-2;1-4-20(3)11-10-17-13-18(15(2)12-19(17)22-20)21-14-16-8-6-5-7-9-16;;/h7-19H,5-6,20-21H2,1-4H3;7-14H,5-6,15H2,1-4H3,(H,24,25);5-13,21H,4,14H2,1-3H3;2*1H3. The van der Waals surface area contributed by atoms with Crippen molar-refractivity contribution in [1.82, 2.24) is 0 Å². The Morgan fingerprint density at radius 1 is 0.483 bits per heavy atom. The van der Waals surface area contributed by atoms with E-state index in [1.807, 2.05) is 143 Å². The van der Waals surface area contributed by atoms with Crippen molar-refractivity contribution in [1.29, 1.82) is 0 Å². The second-order valence-electron chi connectivity index (χ2n) is 22.2. The Bertz CT molecular complexity index is 3480. The van der Waals surface area contributed by atoms with Crippen LogP contribution in [-0.2, 0) is 35.8 Å². The van der Waals surface area contributed by atoms with Crippen LogP contribution in [0.15, 0.2) is 164 Å². The van der Waals surface area contributed by atoms with Crippen molar-refractivity contribution in [2.24, 2.45) is 0 Å². The monoisotopic (exact) mass is 1210 g/mol. The lowest BCUT2D eigenvalue weighted by molar-refractivity contribution is 0.133. The Balaban J connectivity index is 0.000000211. The molecular formula is C73H89N3O9P2. The molecule has 0 saturated carbocycles. The summed E-state index contributed by atoms with van der Waals surface area (Å²) in [5, 5.41) is 6.35. The van der Waals surface area contributed by atoms with Gasteiger partial charge in [-0.2, -0.15) is 19.8 Å². The molecule has 87 heavy (non-hydrogen) atoms. The number of amides is 2. The largest absolute Gasteiger partial charge is 0.494 e. The maximum Gasteiger partial charge on any atom is 0.414 e. The van der Waals surface area contributed by atoms with Crippen molar-refractivity contribution < 1.29 is 42.7 Å². The van der Waals surface area contributed by atoms with Gasteiger partial charge in [0.05, 0.1) is 25.4 Å². The third-order valence-electron chi connectivity index (χ3n) is 15.5. The molecule has 3 aliphatic heterocycles. The van der Waals surface area contributed by atoms with Gasteiger partial charge in [0.15, 0.2) is 0 Å². The maximum absolute atomic E-state index is 13.4. The fourth-order valence-corrected chi connectivity index (χ4v) is 9.60. The summed E-state index contributed by atoms with van der Waals surface area (Å²) in [4.78, 5) is 27.3. The van der Waals surface area contributed by atoms with Crippen molar-refractivity contribution in [3.8, 4) is 28.7 Å². The molecular weight excluding hydrogens is 1120 g/mol. The Labute approximate surface area is 522 Å². The highest BCUT2D eigenvalue weighted by atomic mass is 31.0. The van der Waals surface area contributed by atoms with E-state index >= 15 is 0 Å². The molecule has 0 radical (unpaired) electrons. The number of carbonyl (C=O) groups is 2. The van der Waals surface area contributed by atoms with Crippen molar-refractivity contribution >= 4 is 67.3 Å². The summed E-state index contributed by atoms with van der Waals surface area (Å²) >= 11 is 0. The first-order valence-corrected chi connectivity index (χ1v) is 29.6. The van der Waals surface area contributed by atoms with Crippen molar-refractivity contribution in [2.75, 3.05) is 28.7 Å². The number of hydrogen-bond acceptors (Lipinski definition) is 10. The second kappa shape index (κ2) is 31.6. The van der Waals surface area contributed by atoms with E-state index in [-0.39, 0.29) is 49.8 Å². The second-order valence-corrected chi connectivity index (χ2v) is 22.2. The number of nitrogens with zero attached hydrogens (tertiary/aromatic N) is 1. The molecule has 5 unspecified atom stereocenters. The molecule has 7 aromatic rings. The fourth-order valence-electron chi connectivity index (χ4n) is 9.60. The third kappa shape index (κ3) is 18.7. The smallest absolute Gasteiger partial charge is 0.414 e. The van der Waals surface area contributed by atoms with Crippen LogP contribution in [0.3, 0.4) is 0 Å². The summed E-state index contributed by atoms with van der Waals surface area (Å²) in [5.41, 5.74) is 12.1. The number of benzene rings is 7. The van der Waals surface area contributed by atoms with Crippen LogP contribution in [-0.4, -0.2) is 42.2 Å². The van der Waals surface area contributed by atoms with E-state index in [4.69, 9.17) is 33.2 Å². The number of ether oxygens (including phenoxy) is 7. The number of rotatable bonds is 18. The molecule has 460 valence electrons. The summed E-state index contributed by atoms with van der Waals surface area (Å²) in [7, 11) is 0. The van der Waals surface area contributed by atoms with E-state index in [9.17, 15) is 9.59 Å². The molecule has 0 fully saturated rings. The molecule has 0 saturated heterocycles. The van der Waals surface area contributed by atoms with E-state index in [0.717, 1.165) is 110 Å². The molecule has 2 N–H and O–H groups in total. The SMILES string of the molecule is CCC1(C)C=Cc2cc(NCc3ccccc3)c(C)cc2O1.CCOc1ccc(COC(=O)N(Cc2ccccc2)c2cc3c(cc2C)OC(C)(CC)C=C3)cc1.CCOc1ccc(COC(=O)Nc2cc3c(cc2C)OC(C)(CC)C=C3)cc1.P.P. The Kier molecular flexibility index (Phi) is 24.7. The number of nitrogens with one attached hydrogen (secondary N) is 2. The van der Waals surface area contributed by atoms with Crippen LogP contribution in [0, 0.1) is 20.8 Å². The van der Waals surface area contributed by atoms with Gasteiger partial charge in [-0.3, -0.25) is 10.2 Å². The van der Waals surface area contributed by atoms with E-state index in [1.54, 1.807) is 4.90 Å². The minimum absolute atomic E-state index is 0. The van der Waals surface area contributed by atoms with Gasteiger partial charge in [0.25, 0.3) is 0 Å². The molecule has 10 rings (SSSR count). The van der Waals surface area contributed by atoms with Gasteiger partial charge in [0.2, 0.25) is 0 Å². The van der Waals surface area contributed by atoms with E-state index in [1.165, 1.54) is 11.1 Å². The van der Waals surface area contributed by atoms with E-state index in [2.05, 4.69) is 126 Å². The zero-order chi connectivity index (χ0) is 60.6. The normalized spacial score (nSPS) is 17.0. The predicted molar refractivity (Wildman–Crippen MR) is 366 cm³/mol. The fraction of sp³-hybridized carbons (Fsp3) is 0.315. The van der Waals surface area contributed by atoms with Gasteiger partial charge in [-0.1, -0.05) is 124 Å². The minimum Gasteiger partial charge on any atom is -0.494 e. The van der Waals surface area contributed by atoms with Crippen LogP contribution in [0.5, 0.6) is 28.7 Å². The molecule has 5 atom stereocenters. The molecule has 2 amide bonds. The van der Waals surface area contributed by atoms with Crippen LogP contribution in [0.25, 0.3) is 18.2 Å². The van der Waals surface area contributed by atoms with Gasteiger partial charge < -0.3 is 38.5 Å². The number of hydrogen-bond donors (Lipinski definition) is 2. The molecule has 3 aliphatic rings. The average molecular weight is 1210 g/mol. The first-order chi connectivity index (χ1) is 40.9. The van der Waals surface area contributed by atoms with Gasteiger partial charge >= 0.3 is 12.2 Å². The summed E-state index contributed by atoms with van der Waals surface area (Å²) in [6.45, 7) is 25.4. The average Bonchev–Trinajstić information content (AvgIpc) is 1.18. The minimum atomic E-state index is -0.490. The molecule has 0 aliphatic carbocycles. The zero-order valence-electron chi connectivity index (χ0n) is 52.7. The highest BCUT2D eigenvalue weighted by Crippen LogP contribution is 2.40. The zero-order valence-corrected chi connectivity index (χ0v) is 55.5. The number of carbonyl (C=O) groups excluding carboxylic acids is 2. The predicted octanol–water partition coefficient (Wildman–Crippen LogP) is 18.3. The molecule has 7 aromatic carbocycles. The topological polar surface area (TPSA) is 126 Å². The summed E-state index contributed by atoms with van der Waals surface area (Å²) in [5.74, 6) is 4.25. The van der Waals surface area contributed by atoms with Crippen LogP contribution in [0.1, 0.15) is 130 Å². The third-order valence-corrected chi connectivity index (χ3v) is 15.5. The Hall–Kier alpha value is -8.04. The summed E-state index contributed by atoms with van der Waals surface area (Å²) < 4.78 is 40.5. The number of fused-ring (bicyclic) bond motifs is 3. The Morgan fingerprint density at radius 3 is 1.36 bits per heavy atom. The van der Waals surface area contributed by atoms with Gasteiger partial charge in [-0.25, -0.2) is 9.59 Å². The van der Waals surface area contributed by atoms with E-state index < -0.39 is 12.2 Å². The quantitative estimate of drug-likeness (QED) is 0.0802. The summed E-state index contributed by atoms with van der Waals surface area (Å²) in [6.07, 6.45) is 14.4. The van der Waals surface area contributed by atoms with Crippen molar-refractivity contribution in [3.05, 3.63) is 219 Å². The lowest BCUT2D eigenvalue weighted by Gasteiger charge is -2.32. The highest BCUT2D eigenvalue weighted by molar-refractivity contribution is 6.92. The molecule has 3 heterocycles. The number of anilines is 3. The molecule has 14 heteroatoms. The first kappa shape index (κ1) is 68.1. The number of aryl methyl sites for hydroxylation is 3. The van der Waals surface area contributed by atoms with Crippen LogP contribution < -0.4 is 39.2 Å². The lowest BCUT2D eigenvalue weighted by Crippen LogP contribution is -2.33. The molecule has 0 aromatic heterocycles. The van der Waals surface area contributed by atoms with Crippen molar-refractivity contribution in [2.45, 2.75) is 139 Å². The van der Waals surface area contributed by atoms with Crippen LogP contribution >= 0.6 is 19.8 Å². The highest BCUT2D eigenvalue weighted by Gasteiger charge is 2.30. The van der Waals surface area contributed by atoms with Gasteiger partial charge in [0, 0.05) is 34.6 Å². The maximum atomic E-state index is 13.4. The van der Waals surface area contributed by atoms with Crippen molar-refractivity contribution in [3.63, 3.8) is 0 Å². The van der Waals surface area contributed by atoms with Gasteiger partial charge in [-0.15, -0.1) is 0 Å². The van der Waals surface area contributed by atoms with Crippen LogP contribution in [0.2, 0.25) is 0 Å². The summed E-state index contributed by atoms with van der Waals surface area (Å²) in [6, 6.07) is 47.7. The molecule has 0 spiro atoms. The first-order valence-electron chi connectivity index (χ1n) is 29.6. The van der Waals surface area contributed by atoms with E-state index in [0.29, 0.717) is 25.4 Å². The van der Waals surface area contributed by atoms with Gasteiger partial charge in [-0.05, 0) is 192 Å². The lowest BCUT2D eigenvalue weighted by atomic mass is 9.96. The Morgan fingerprint density at radius 2 is 0.897 bits per heavy atom. The van der Waals surface area contributed by atoms with Gasteiger partial charge in [0.1, 0.15) is 58.8 Å². The molecule has 12 nitrogen and oxygen atoms in total. The molecule has 0 bridgehead atoms. The van der Waals surface area contributed by atoms with Crippen LogP contribution in [0.4, 0.5) is 26.7 Å².